The highest BCUT2D eigenvalue weighted by Gasteiger charge is 2.21. The molecular formula is C14H20F2N2O. The highest BCUT2D eigenvalue weighted by Crippen LogP contribution is 2.25. The predicted octanol–water partition coefficient (Wildman–Crippen LogP) is 2.35. The molecule has 3 nitrogen and oxygen atoms in total. The second-order valence-corrected chi connectivity index (χ2v) is 4.72. The maximum atomic E-state index is 12.8. The summed E-state index contributed by atoms with van der Waals surface area (Å²) in [5, 5.41) is 0. The Hall–Kier alpha value is -1.04. The van der Waals surface area contributed by atoms with Gasteiger partial charge in [-0.05, 0) is 18.1 Å². The molecule has 1 atom stereocenters. The van der Waals surface area contributed by atoms with E-state index < -0.39 is 6.43 Å². The summed E-state index contributed by atoms with van der Waals surface area (Å²) in [5.74, 6) is 0. The second-order valence-electron chi connectivity index (χ2n) is 4.72. The van der Waals surface area contributed by atoms with E-state index in [-0.39, 0.29) is 11.6 Å². The van der Waals surface area contributed by atoms with E-state index in [1.54, 1.807) is 12.1 Å². The van der Waals surface area contributed by atoms with Gasteiger partial charge in [0.25, 0.3) is 6.43 Å². The Morgan fingerprint density at radius 1 is 1.21 bits per heavy atom. The first-order chi connectivity index (χ1) is 9.22. The van der Waals surface area contributed by atoms with Crippen molar-refractivity contribution in [2.75, 3.05) is 32.8 Å². The summed E-state index contributed by atoms with van der Waals surface area (Å²) in [5.41, 5.74) is 6.76. The lowest BCUT2D eigenvalue weighted by Gasteiger charge is -2.29. The first-order valence-corrected chi connectivity index (χ1v) is 6.62. The van der Waals surface area contributed by atoms with Gasteiger partial charge in [-0.15, -0.1) is 0 Å². The average molecular weight is 270 g/mol. The number of nitrogens with zero attached hydrogens (tertiary/aromatic N) is 1. The molecule has 0 spiro atoms. The topological polar surface area (TPSA) is 38.5 Å². The fourth-order valence-corrected chi connectivity index (χ4v) is 2.48. The molecule has 0 radical (unpaired) electrons. The van der Waals surface area contributed by atoms with Crippen LogP contribution in [-0.4, -0.2) is 37.7 Å². The van der Waals surface area contributed by atoms with Gasteiger partial charge in [-0.2, -0.15) is 0 Å². The number of benzene rings is 1. The molecular weight excluding hydrogens is 250 g/mol. The fraction of sp³-hybridized carbons (Fsp3) is 0.571. The molecule has 1 aromatic rings. The van der Waals surface area contributed by atoms with Gasteiger partial charge in [0.2, 0.25) is 0 Å². The third-order valence-corrected chi connectivity index (χ3v) is 3.47. The minimum atomic E-state index is -2.44. The van der Waals surface area contributed by atoms with Crippen molar-refractivity contribution in [3.05, 3.63) is 35.4 Å². The molecule has 1 saturated heterocycles. The van der Waals surface area contributed by atoms with E-state index in [1.165, 1.54) is 6.07 Å². The first-order valence-electron chi connectivity index (χ1n) is 6.62. The molecule has 0 saturated carbocycles. The monoisotopic (exact) mass is 270 g/mol. The van der Waals surface area contributed by atoms with Gasteiger partial charge in [-0.1, -0.05) is 18.2 Å². The normalized spacial score (nSPS) is 19.4. The molecule has 2 N–H and O–H groups in total. The average Bonchev–Trinajstić information content (AvgIpc) is 2.69. The zero-order chi connectivity index (χ0) is 13.7. The number of nitrogens with two attached hydrogens (primary N) is 1. The van der Waals surface area contributed by atoms with Gasteiger partial charge in [-0.3, -0.25) is 4.90 Å². The summed E-state index contributed by atoms with van der Waals surface area (Å²) in [7, 11) is 0. The molecule has 5 heteroatoms. The molecule has 1 aliphatic rings. The van der Waals surface area contributed by atoms with E-state index in [2.05, 4.69) is 4.90 Å². The summed E-state index contributed by atoms with van der Waals surface area (Å²) in [6, 6.07) is 6.55. The number of ether oxygens (including phenoxy) is 1. The number of alkyl halides is 2. The smallest absolute Gasteiger partial charge is 0.263 e. The molecule has 0 aliphatic carbocycles. The van der Waals surface area contributed by atoms with Crippen molar-refractivity contribution in [1.29, 1.82) is 0 Å². The molecule has 0 bridgehead atoms. The largest absolute Gasteiger partial charge is 0.380 e. The zero-order valence-electron chi connectivity index (χ0n) is 10.9. The molecule has 1 aliphatic heterocycles. The van der Waals surface area contributed by atoms with E-state index in [9.17, 15) is 8.78 Å². The van der Waals surface area contributed by atoms with E-state index in [0.29, 0.717) is 13.2 Å². The number of hydrogen-bond acceptors (Lipinski definition) is 3. The summed E-state index contributed by atoms with van der Waals surface area (Å²) < 4.78 is 30.9. The molecule has 1 unspecified atom stereocenters. The summed E-state index contributed by atoms with van der Waals surface area (Å²) >= 11 is 0. The standard InChI is InChI=1S/C14H20F2N2O/c15-14(16)12-4-1-3-11(9-12)13(10-17)18-5-2-7-19-8-6-18/h1,3-4,9,13-14H,2,5-8,10,17H2. The third-order valence-electron chi connectivity index (χ3n) is 3.47. The first kappa shape index (κ1) is 14.4. The minimum absolute atomic E-state index is 0.0135. The van der Waals surface area contributed by atoms with Gasteiger partial charge < -0.3 is 10.5 Å². The Bertz CT molecular complexity index is 393. The van der Waals surface area contributed by atoms with Crippen LogP contribution in [0.2, 0.25) is 0 Å². The Balaban J connectivity index is 2.17. The molecule has 1 fully saturated rings. The van der Waals surface area contributed by atoms with Crippen LogP contribution in [0.4, 0.5) is 8.78 Å². The Kier molecular flexibility index (Phi) is 5.24. The Morgan fingerprint density at radius 2 is 2.00 bits per heavy atom. The highest BCUT2D eigenvalue weighted by atomic mass is 19.3. The fourth-order valence-electron chi connectivity index (χ4n) is 2.48. The van der Waals surface area contributed by atoms with Crippen LogP contribution in [0.25, 0.3) is 0 Å². The van der Waals surface area contributed by atoms with Crippen LogP contribution < -0.4 is 5.73 Å². The molecule has 106 valence electrons. The van der Waals surface area contributed by atoms with E-state index >= 15 is 0 Å². The van der Waals surface area contributed by atoms with Gasteiger partial charge in [0.05, 0.1) is 6.61 Å². The summed E-state index contributed by atoms with van der Waals surface area (Å²) in [4.78, 5) is 2.22. The van der Waals surface area contributed by atoms with Crippen molar-refractivity contribution in [2.45, 2.75) is 18.9 Å². The van der Waals surface area contributed by atoms with Gasteiger partial charge in [0, 0.05) is 37.8 Å². The van der Waals surface area contributed by atoms with Crippen LogP contribution in [0.15, 0.2) is 24.3 Å². The lowest BCUT2D eigenvalue weighted by molar-refractivity contribution is 0.132. The SMILES string of the molecule is NCC(c1cccc(C(F)F)c1)N1CCCOCC1. The van der Waals surface area contributed by atoms with Crippen LogP contribution in [0, 0.1) is 0 Å². The van der Waals surface area contributed by atoms with Crippen LogP contribution in [0.3, 0.4) is 0 Å². The van der Waals surface area contributed by atoms with Crippen LogP contribution in [-0.2, 0) is 4.74 Å². The number of rotatable bonds is 4. The van der Waals surface area contributed by atoms with Crippen molar-refractivity contribution >= 4 is 0 Å². The van der Waals surface area contributed by atoms with Gasteiger partial charge in [0.1, 0.15) is 0 Å². The molecule has 1 aromatic carbocycles. The lowest BCUT2D eigenvalue weighted by atomic mass is 10.0. The lowest BCUT2D eigenvalue weighted by Crippen LogP contribution is -2.35. The summed E-state index contributed by atoms with van der Waals surface area (Å²) in [6.45, 7) is 3.53. The van der Waals surface area contributed by atoms with Crippen LogP contribution in [0.1, 0.15) is 30.0 Å². The molecule has 0 amide bonds. The maximum absolute atomic E-state index is 12.8. The molecule has 1 heterocycles. The van der Waals surface area contributed by atoms with Crippen molar-refractivity contribution in [3.63, 3.8) is 0 Å². The summed E-state index contributed by atoms with van der Waals surface area (Å²) in [6.07, 6.45) is -1.49. The van der Waals surface area contributed by atoms with Crippen LogP contribution in [0.5, 0.6) is 0 Å². The van der Waals surface area contributed by atoms with Crippen molar-refractivity contribution in [3.8, 4) is 0 Å². The third kappa shape index (κ3) is 3.72. The van der Waals surface area contributed by atoms with Crippen LogP contribution >= 0.6 is 0 Å². The maximum Gasteiger partial charge on any atom is 0.263 e. The van der Waals surface area contributed by atoms with Gasteiger partial charge in [0.15, 0.2) is 0 Å². The Labute approximate surface area is 112 Å². The van der Waals surface area contributed by atoms with Gasteiger partial charge in [-0.25, -0.2) is 8.78 Å². The van der Waals surface area contributed by atoms with E-state index in [4.69, 9.17) is 10.5 Å². The minimum Gasteiger partial charge on any atom is -0.380 e. The molecule has 0 aromatic heterocycles. The van der Waals surface area contributed by atoms with E-state index in [1.807, 2.05) is 6.07 Å². The van der Waals surface area contributed by atoms with E-state index in [0.717, 1.165) is 31.7 Å². The van der Waals surface area contributed by atoms with Crippen molar-refractivity contribution in [2.24, 2.45) is 5.73 Å². The molecule has 2 rings (SSSR count). The van der Waals surface area contributed by atoms with Gasteiger partial charge >= 0.3 is 0 Å². The quantitative estimate of drug-likeness (QED) is 0.912. The number of halogens is 2. The zero-order valence-corrected chi connectivity index (χ0v) is 10.9. The highest BCUT2D eigenvalue weighted by molar-refractivity contribution is 5.27. The second kappa shape index (κ2) is 6.93. The van der Waals surface area contributed by atoms with Crippen molar-refractivity contribution in [1.82, 2.24) is 4.90 Å². The molecule has 19 heavy (non-hydrogen) atoms. The predicted molar refractivity (Wildman–Crippen MR) is 70.2 cm³/mol. The van der Waals surface area contributed by atoms with Crippen molar-refractivity contribution < 1.29 is 13.5 Å². The Morgan fingerprint density at radius 3 is 2.74 bits per heavy atom. The number of hydrogen-bond donors (Lipinski definition) is 1.